The topological polar surface area (TPSA) is 3.24 Å². The van der Waals surface area contributed by atoms with Gasteiger partial charge in [-0.1, -0.05) is 5.92 Å². The maximum atomic E-state index is 5.16. The van der Waals surface area contributed by atoms with Crippen molar-refractivity contribution in [1.29, 1.82) is 0 Å². The summed E-state index contributed by atoms with van der Waals surface area (Å²) in [5, 5.41) is 0. The summed E-state index contributed by atoms with van der Waals surface area (Å²) in [5.41, 5.74) is 0. The van der Waals surface area contributed by atoms with Crippen LogP contribution in [0.15, 0.2) is 0 Å². The third-order valence-corrected chi connectivity index (χ3v) is 2.32. The van der Waals surface area contributed by atoms with Crippen LogP contribution in [0.25, 0.3) is 0 Å². The second-order valence-corrected chi connectivity index (χ2v) is 3.33. The van der Waals surface area contributed by atoms with Crippen molar-refractivity contribution >= 4 is 11.8 Å². The van der Waals surface area contributed by atoms with Gasteiger partial charge in [0.25, 0.3) is 0 Å². The van der Waals surface area contributed by atoms with Crippen molar-refractivity contribution in [2.45, 2.75) is 13.0 Å². The van der Waals surface area contributed by atoms with Gasteiger partial charge in [-0.2, -0.15) is 11.8 Å². The van der Waals surface area contributed by atoms with Crippen LogP contribution in [0.3, 0.4) is 0 Å². The van der Waals surface area contributed by atoms with Crippen LogP contribution < -0.4 is 0 Å². The van der Waals surface area contributed by atoms with Gasteiger partial charge in [0.1, 0.15) is 0 Å². The van der Waals surface area contributed by atoms with Gasteiger partial charge in [-0.05, 0) is 20.2 Å². The first-order valence-electron chi connectivity index (χ1n) is 3.35. The molecular weight excluding hydrogens is 142 g/mol. The molecule has 0 aromatic heterocycles. The number of thioether (sulfide) groups is 1. The summed E-state index contributed by atoms with van der Waals surface area (Å²) < 4.78 is 0. The van der Waals surface area contributed by atoms with E-state index in [1.54, 1.807) is 0 Å². The maximum Gasteiger partial charge on any atom is 0.0599 e. The minimum atomic E-state index is 0.589. The van der Waals surface area contributed by atoms with E-state index in [4.69, 9.17) is 6.42 Å². The minimum Gasteiger partial charge on any atom is -0.292 e. The summed E-state index contributed by atoms with van der Waals surface area (Å²) in [6.07, 6.45) is 7.28. The molecular formula is C8H15NS. The Labute approximate surface area is 68.2 Å². The van der Waals surface area contributed by atoms with Gasteiger partial charge in [0.2, 0.25) is 0 Å². The van der Waals surface area contributed by atoms with Crippen LogP contribution in [0.5, 0.6) is 0 Å². The molecule has 1 unspecified atom stereocenters. The van der Waals surface area contributed by atoms with Gasteiger partial charge in [0.15, 0.2) is 0 Å². The number of hydrogen-bond donors (Lipinski definition) is 0. The normalized spacial score (nSPS) is 13.1. The van der Waals surface area contributed by atoms with E-state index in [1.807, 2.05) is 11.8 Å². The van der Waals surface area contributed by atoms with Crippen LogP contribution >= 0.6 is 11.8 Å². The molecule has 0 fully saturated rings. The van der Waals surface area contributed by atoms with Crippen molar-refractivity contribution in [1.82, 2.24) is 4.90 Å². The molecule has 0 aromatic rings. The fourth-order valence-corrected chi connectivity index (χ4v) is 1.41. The molecule has 0 bridgehead atoms. The number of nitrogens with zero attached hydrogens (tertiary/aromatic N) is 1. The fourth-order valence-electron chi connectivity index (χ4n) is 0.668. The van der Waals surface area contributed by atoms with Gasteiger partial charge in [-0.15, -0.1) is 6.42 Å². The Morgan fingerprint density at radius 1 is 1.70 bits per heavy atom. The molecule has 58 valence electrons. The molecule has 0 saturated heterocycles. The molecule has 0 heterocycles. The second-order valence-electron chi connectivity index (χ2n) is 2.42. The highest BCUT2D eigenvalue weighted by Crippen LogP contribution is 2.01. The monoisotopic (exact) mass is 157 g/mol. The Bertz CT molecular complexity index is 117. The van der Waals surface area contributed by atoms with Crippen molar-refractivity contribution in [2.24, 2.45) is 0 Å². The molecule has 0 rings (SSSR count). The molecule has 0 N–H and O–H groups in total. The Balaban J connectivity index is 3.50. The van der Waals surface area contributed by atoms with Crippen molar-refractivity contribution in [3.63, 3.8) is 0 Å². The minimum absolute atomic E-state index is 0.589. The Kier molecular flexibility index (Phi) is 5.57. The highest BCUT2D eigenvalue weighted by atomic mass is 32.2. The SMILES string of the molecule is C#CCN(C)C(C)CSC. The summed E-state index contributed by atoms with van der Waals surface area (Å²) in [5.74, 6) is 3.77. The van der Waals surface area contributed by atoms with E-state index in [-0.39, 0.29) is 0 Å². The first-order valence-corrected chi connectivity index (χ1v) is 4.74. The van der Waals surface area contributed by atoms with Gasteiger partial charge in [-0.25, -0.2) is 0 Å². The Morgan fingerprint density at radius 3 is 2.70 bits per heavy atom. The zero-order valence-electron chi connectivity index (χ0n) is 6.92. The number of rotatable bonds is 4. The van der Waals surface area contributed by atoms with E-state index >= 15 is 0 Å². The average molecular weight is 157 g/mol. The molecule has 0 aliphatic carbocycles. The summed E-state index contributed by atoms with van der Waals surface area (Å²) >= 11 is 1.85. The molecule has 0 saturated carbocycles. The van der Waals surface area contributed by atoms with Gasteiger partial charge in [-0.3, -0.25) is 4.90 Å². The lowest BCUT2D eigenvalue weighted by Crippen LogP contribution is -2.31. The van der Waals surface area contributed by atoms with E-state index in [0.717, 1.165) is 12.3 Å². The lowest BCUT2D eigenvalue weighted by Gasteiger charge is -2.20. The molecule has 0 radical (unpaired) electrons. The van der Waals surface area contributed by atoms with Crippen molar-refractivity contribution in [2.75, 3.05) is 25.6 Å². The van der Waals surface area contributed by atoms with Gasteiger partial charge >= 0.3 is 0 Å². The fraction of sp³-hybridized carbons (Fsp3) is 0.750. The molecule has 10 heavy (non-hydrogen) atoms. The molecule has 0 spiro atoms. The number of terminal acetylenes is 1. The molecule has 2 heteroatoms. The Hall–Kier alpha value is -0.130. The lowest BCUT2D eigenvalue weighted by molar-refractivity contribution is 0.312. The highest BCUT2D eigenvalue weighted by Gasteiger charge is 2.05. The first-order chi connectivity index (χ1) is 4.72. The summed E-state index contributed by atoms with van der Waals surface area (Å²) in [6.45, 7) is 2.94. The van der Waals surface area contributed by atoms with Crippen LogP contribution in [0.1, 0.15) is 6.92 Å². The van der Waals surface area contributed by atoms with Crippen LogP contribution in [0.2, 0.25) is 0 Å². The zero-order valence-corrected chi connectivity index (χ0v) is 7.74. The Morgan fingerprint density at radius 2 is 2.30 bits per heavy atom. The average Bonchev–Trinajstić information content (AvgIpc) is 1.89. The quantitative estimate of drug-likeness (QED) is 0.566. The van der Waals surface area contributed by atoms with E-state index < -0.39 is 0 Å². The van der Waals surface area contributed by atoms with Crippen LogP contribution in [-0.2, 0) is 0 Å². The van der Waals surface area contributed by atoms with Crippen LogP contribution in [-0.4, -0.2) is 36.5 Å². The van der Waals surface area contributed by atoms with Crippen LogP contribution in [0, 0.1) is 12.3 Å². The van der Waals surface area contributed by atoms with E-state index in [2.05, 4.69) is 31.0 Å². The third kappa shape index (κ3) is 3.81. The zero-order chi connectivity index (χ0) is 7.98. The largest absolute Gasteiger partial charge is 0.292 e. The van der Waals surface area contributed by atoms with E-state index in [9.17, 15) is 0 Å². The molecule has 0 aromatic carbocycles. The summed E-state index contributed by atoms with van der Waals surface area (Å²) in [7, 11) is 2.06. The predicted molar refractivity (Wildman–Crippen MR) is 49.3 cm³/mol. The summed E-state index contributed by atoms with van der Waals surface area (Å²) in [4.78, 5) is 2.18. The van der Waals surface area contributed by atoms with Crippen molar-refractivity contribution in [3.05, 3.63) is 0 Å². The molecule has 0 aliphatic rings. The van der Waals surface area contributed by atoms with Gasteiger partial charge < -0.3 is 0 Å². The number of hydrogen-bond acceptors (Lipinski definition) is 2. The standard InChI is InChI=1S/C8H15NS/c1-5-6-9(3)8(2)7-10-4/h1,8H,6-7H2,2-4H3. The second kappa shape index (κ2) is 5.64. The maximum absolute atomic E-state index is 5.16. The molecule has 1 atom stereocenters. The van der Waals surface area contributed by atoms with E-state index in [1.165, 1.54) is 0 Å². The highest BCUT2D eigenvalue weighted by molar-refractivity contribution is 7.98. The van der Waals surface area contributed by atoms with Gasteiger partial charge in [0.05, 0.1) is 6.54 Å². The van der Waals surface area contributed by atoms with Crippen molar-refractivity contribution in [3.8, 4) is 12.3 Å². The summed E-state index contributed by atoms with van der Waals surface area (Å²) in [6, 6.07) is 0.589. The van der Waals surface area contributed by atoms with E-state index in [0.29, 0.717) is 6.04 Å². The third-order valence-electron chi connectivity index (χ3n) is 1.50. The van der Waals surface area contributed by atoms with Crippen LogP contribution in [0.4, 0.5) is 0 Å². The molecule has 1 nitrogen and oxygen atoms in total. The lowest BCUT2D eigenvalue weighted by atomic mass is 10.3. The molecule has 0 amide bonds. The smallest absolute Gasteiger partial charge is 0.0599 e. The first kappa shape index (κ1) is 9.87. The van der Waals surface area contributed by atoms with Gasteiger partial charge in [0, 0.05) is 11.8 Å². The van der Waals surface area contributed by atoms with Crippen molar-refractivity contribution < 1.29 is 0 Å². The predicted octanol–water partition coefficient (Wildman–Crippen LogP) is 1.30. The molecule has 0 aliphatic heterocycles.